The van der Waals surface area contributed by atoms with E-state index >= 15 is 0 Å². The normalized spacial score (nSPS) is 14.0. The van der Waals surface area contributed by atoms with Gasteiger partial charge in [-0.3, -0.25) is 4.79 Å². The number of carboxylic acids is 1. The van der Waals surface area contributed by atoms with Crippen molar-refractivity contribution in [3.8, 4) is 0 Å². The summed E-state index contributed by atoms with van der Waals surface area (Å²) in [7, 11) is 0. The Morgan fingerprint density at radius 1 is 0.760 bits per heavy atom. The molecule has 1 atom stereocenters. The molecule has 0 amide bonds. The van der Waals surface area contributed by atoms with Crippen LogP contribution >= 0.6 is 0 Å². The summed E-state index contributed by atoms with van der Waals surface area (Å²) >= 11 is 0. The first-order valence-electron chi connectivity index (χ1n) is 9.66. The molecule has 25 heavy (non-hydrogen) atoms. The van der Waals surface area contributed by atoms with E-state index in [4.69, 9.17) is 5.11 Å². The van der Waals surface area contributed by atoms with Gasteiger partial charge in [0.05, 0.1) is 5.92 Å². The molecule has 0 rings (SSSR count). The number of unbranched alkanes of at least 4 members (excludes halogenated alkanes) is 2. The molecule has 1 N–H and O–H groups in total. The molecule has 0 aromatic carbocycles. The van der Waals surface area contributed by atoms with Gasteiger partial charge in [-0.2, -0.15) is 0 Å². The number of allylic oxidation sites excluding steroid dienone is 10. The molecule has 0 aliphatic carbocycles. The zero-order valence-corrected chi connectivity index (χ0v) is 16.1. The Morgan fingerprint density at radius 2 is 1.20 bits per heavy atom. The van der Waals surface area contributed by atoms with Gasteiger partial charge in [0.15, 0.2) is 0 Å². The van der Waals surface area contributed by atoms with Crippen LogP contribution in [-0.2, 0) is 4.79 Å². The molecule has 0 saturated carbocycles. The third kappa shape index (κ3) is 18.4. The second kappa shape index (κ2) is 18.5. The highest BCUT2D eigenvalue weighted by molar-refractivity contribution is 5.69. The van der Waals surface area contributed by atoms with E-state index in [0.717, 1.165) is 57.8 Å². The SMILES string of the molecule is CCC=CCC=CCC=CCC=CCC=CCCCCC(C)C(=O)O. The van der Waals surface area contributed by atoms with Crippen molar-refractivity contribution in [2.45, 2.75) is 71.6 Å². The maximum absolute atomic E-state index is 10.7. The Labute approximate surface area is 154 Å². The van der Waals surface area contributed by atoms with Crippen LogP contribution in [0.3, 0.4) is 0 Å². The molecule has 2 nitrogen and oxygen atoms in total. The summed E-state index contributed by atoms with van der Waals surface area (Å²) < 4.78 is 0. The lowest BCUT2D eigenvalue weighted by molar-refractivity contribution is -0.141. The van der Waals surface area contributed by atoms with Crippen LogP contribution < -0.4 is 0 Å². The fourth-order valence-electron chi connectivity index (χ4n) is 2.20. The van der Waals surface area contributed by atoms with Crippen LogP contribution in [0.15, 0.2) is 60.8 Å². The van der Waals surface area contributed by atoms with Crippen molar-refractivity contribution in [2.75, 3.05) is 0 Å². The smallest absolute Gasteiger partial charge is 0.306 e. The molecule has 0 saturated heterocycles. The summed E-state index contributed by atoms with van der Waals surface area (Å²) in [5.74, 6) is -0.900. The van der Waals surface area contributed by atoms with Gasteiger partial charge in [0.2, 0.25) is 0 Å². The Bertz CT molecular complexity index is 453. The Balaban J connectivity index is 3.49. The van der Waals surface area contributed by atoms with Crippen molar-refractivity contribution in [3.63, 3.8) is 0 Å². The van der Waals surface area contributed by atoms with Gasteiger partial charge in [0, 0.05) is 0 Å². The van der Waals surface area contributed by atoms with Crippen LogP contribution in [0.4, 0.5) is 0 Å². The van der Waals surface area contributed by atoms with Gasteiger partial charge in [0.1, 0.15) is 0 Å². The van der Waals surface area contributed by atoms with E-state index < -0.39 is 5.97 Å². The van der Waals surface area contributed by atoms with E-state index in [1.807, 2.05) is 0 Å². The molecular weight excluding hydrogens is 308 g/mol. The fourth-order valence-corrected chi connectivity index (χ4v) is 2.20. The number of rotatable bonds is 15. The van der Waals surface area contributed by atoms with E-state index in [9.17, 15) is 4.79 Å². The highest BCUT2D eigenvalue weighted by Crippen LogP contribution is 2.09. The maximum atomic E-state index is 10.7. The van der Waals surface area contributed by atoms with Gasteiger partial charge in [-0.25, -0.2) is 0 Å². The Morgan fingerprint density at radius 3 is 1.64 bits per heavy atom. The molecule has 140 valence electrons. The van der Waals surface area contributed by atoms with Crippen LogP contribution in [0.25, 0.3) is 0 Å². The highest BCUT2D eigenvalue weighted by Gasteiger charge is 2.08. The monoisotopic (exact) mass is 344 g/mol. The number of carboxylic acid groups (broad SMARTS) is 1. The third-order valence-corrected chi connectivity index (χ3v) is 3.84. The second-order valence-corrected chi connectivity index (χ2v) is 6.23. The van der Waals surface area contributed by atoms with Crippen molar-refractivity contribution in [2.24, 2.45) is 5.92 Å². The van der Waals surface area contributed by atoms with Gasteiger partial charge in [-0.15, -0.1) is 0 Å². The van der Waals surface area contributed by atoms with E-state index in [1.165, 1.54) is 0 Å². The maximum Gasteiger partial charge on any atom is 0.306 e. The molecule has 0 fully saturated rings. The Hall–Kier alpha value is -1.83. The molecule has 2 heteroatoms. The number of aliphatic carboxylic acids is 1. The van der Waals surface area contributed by atoms with Crippen molar-refractivity contribution in [3.05, 3.63) is 60.8 Å². The van der Waals surface area contributed by atoms with Gasteiger partial charge in [-0.1, -0.05) is 81.0 Å². The summed E-state index contributed by atoms with van der Waals surface area (Å²) in [6.07, 6.45) is 31.0. The van der Waals surface area contributed by atoms with Crippen LogP contribution in [0.5, 0.6) is 0 Å². The van der Waals surface area contributed by atoms with Crippen molar-refractivity contribution >= 4 is 5.97 Å². The first kappa shape index (κ1) is 23.2. The molecule has 0 aliphatic rings. The first-order chi connectivity index (χ1) is 12.2. The lowest BCUT2D eigenvalue weighted by atomic mass is 10.0. The molecule has 0 bridgehead atoms. The molecule has 0 heterocycles. The van der Waals surface area contributed by atoms with Crippen molar-refractivity contribution in [1.29, 1.82) is 0 Å². The fraction of sp³-hybridized carbons (Fsp3) is 0.522. The zero-order chi connectivity index (χ0) is 18.6. The minimum atomic E-state index is -0.685. The minimum Gasteiger partial charge on any atom is -0.481 e. The quantitative estimate of drug-likeness (QED) is 0.256. The van der Waals surface area contributed by atoms with E-state index in [2.05, 4.69) is 67.7 Å². The van der Waals surface area contributed by atoms with Gasteiger partial charge < -0.3 is 5.11 Å². The van der Waals surface area contributed by atoms with Crippen LogP contribution in [0.2, 0.25) is 0 Å². The topological polar surface area (TPSA) is 37.3 Å². The van der Waals surface area contributed by atoms with Crippen LogP contribution in [0.1, 0.15) is 71.6 Å². The molecule has 1 unspecified atom stereocenters. The average Bonchev–Trinajstić information content (AvgIpc) is 2.60. The van der Waals surface area contributed by atoms with Gasteiger partial charge in [-0.05, 0) is 51.4 Å². The predicted molar refractivity (Wildman–Crippen MR) is 110 cm³/mol. The van der Waals surface area contributed by atoms with Crippen LogP contribution in [-0.4, -0.2) is 11.1 Å². The summed E-state index contributed by atoms with van der Waals surface area (Å²) in [4.78, 5) is 10.7. The Kier molecular flexibility index (Phi) is 17.2. The minimum absolute atomic E-state index is 0.214. The summed E-state index contributed by atoms with van der Waals surface area (Å²) in [5, 5.41) is 8.79. The summed E-state index contributed by atoms with van der Waals surface area (Å²) in [5.41, 5.74) is 0. The molecule has 0 aliphatic heterocycles. The predicted octanol–water partition coefficient (Wildman–Crippen LogP) is 7.02. The lowest BCUT2D eigenvalue weighted by Gasteiger charge is -2.03. The van der Waals surface area contributed by atoms with Gasteiger partial charge in [0.25, 0.3) is 0 Å². The zero-order valence-electron chi connectivity index (χ0n) is 16.1. The molecule has 0 aromatic rings. The third-order valence-electron chi connectivity index (χ3n) is 3.84. The lowest BCUT2D eigenvalue weighted by Crippen LogP contribution is -2.08. The van der Waals surface area contributed by atoms with Crippen molar-refractivity contribution in [1.82, 2.24) is 0 Å². The average molecular weight is 345 g/mol. The molecular formula is C23H36O2. The highest BCUT2D eigenvalue weighted by atomic mass is 16.4. The van der Waals surface area contributed by atoms with Crippen LogP contribution in [0, 0.1) is 5.92 Å². The van der Waals surface area contributed by atoms with E-state index in [1.54, 1.807) is 6.92 Å². The number of carbonyl (C=O) groups is 1. The molecule has 0 radical (unpaired) electrons. The molecule has 0 spiro atoms. The van der Waals surface area contributed by atoms with E-state index in [-0.39, 0.29) is 5.92 Å². The standard InChI is InChI=1S/C23H36O2/c1-3-4-5-6-7-8-9-10-11-12-13-14-15-16-17-18-19-20-21-22(2)23(24)25/h4-5,7-8,10-11,13-14,16-17,22H,3,6,9,12,15,18-21H2,1-2H3,(H,24,25). The van der Waals surface area contributed by atoms with Gasteiger partial charge >= 0.3 is 5.97 Å². The number of hydrogen-bond donors (Lipinski definition) is 1. The molecule has 0 aromatic heterocycles. The summed E-state index contributed by atoms with van der Waals surface area (Å²) in [6, 6.07) is 0. The second-order valence-electron chi connectivity index (χ2n) is 6.23. The van der Waals surface area contributed by atoms with E-state index in [0.29, 0.717) is 0 Å². The number of hydrogen-bond acceptors (Lipinski definition) is 1. The first-order valence-corrected chi connectivity index (χ1v) is 9.66. The summed E-state index contributed by atoms with van der Waals surface area (Å²) in [6.45, 7) is 3.93. The largest absolute Gasteiger partial charge is 0.481 e. The van der Waals surface area contributed by atoms with Crippen molar-refractivity contribution < 1.29 is 9.90 Å².